The van der Waals surface area contributed by atoms with Gasteiger partial charge in [-0.1, -0.05) is 23.7 Å². The van der Waals surface area contributed by atoms with Crippen molar-refractivity contribution in [1.82, 2.24) is 24.3 Å². The Hall–Kier alpha value is -3.46. The molecule has 0 aliphatic rings. The van der Waals surface area contributed by atoms with E-state index in [0.717, 1.165) is 5.56 Å². The SMILES string of the molecule is CC(C)(C)OC(=O)n1cncc1COC(=O)C=Cn1cnc(-c2cccc(Cl)c2)n1. The largest absolute Gasteiger partial charge is 0.456 e. The van der Waals surface area contributed by atoms with E-state index in [2.05, 4.69) is 15.1 Å². The lowest BCUT2D eigenvalue weighted by molar-refractivity contribution is -0.139. The van der Waals surface area contributed by atoms with Gasteiger partial charge < -0.3 is 9.47 Å². The molecule has 1 aromatic carbocycles. The van der Waals surface area contributed by atoms with Crippen LogP contribution in [0.4, 0.5) is 4.79 Å². The molecule has 9 nitrogen and oxygen atoms in total. The summed E-state index contributed by atoms with van der Waals surface area (Å²) in [6.45, 7) is 5.13. The molecular formula is C20H20ClN5O4. The monoisotopic (exact) mass is 429 g/mol. The van der Waals surface area contributed by atoms with Gasteiger partial charge in [-0.25, -0.2) is 28.8 Å². The molecule has 0 aliphatic carbocycles. The van der Waals surface area contributed by atoms with Gasteiger partial charge in [0.2, 0.25) is 0 Å². The molecule has 0 atom stereocenters. The van der Waals surface area contributed by atoms with Crippen LogP contribution in [0.25, 0.3) is 17.6 Å². The first kappa shape index (κ1) is 21.3. The fourth-order valence-corrected chi connectivity index (χ4v) is 2.53. The Bertz CT molecular complexity index is 1080. The van der Waals surface area contributed by atoms with E-state index in [4.69, 9.17) is 21.1 Å². The standard InChI is InChI=1S/C20H20ClN5O4/c1-20(2,3)30-19(28)26-12-22-10-16(26)11-29-17(27)7-8-25-13-23-18(24-25)14-5-4-6-15(21)9-14/h4-10,12-13H,11H2,1-3H3. The Morgan fingerprint density at radius 1 is 1.23 bits per heavy atom. The molecule has 0 saturated heterocycles. The number of aromatic nitrogens is 5. The maximum atomic E-state index is 12.2. The van der Waals surface area contributed by atoms with Gasteiger partial charge in [-0.2, -0.15) is 0 Å². The van der Waals surface area contributed by atoms with Gasteiger partial charge in [0.1, 0.15) is 24.9 Å². The summed E-state index contributed by atoms with van der Waals surface area (Å²) in [5.74, 6) is -0.150. The maximum Gasteiger partial charge on any atom is 0.420 e. The van der Waals surface area contributed by atoms with Crippen LogP contribution in [0.5, 0.6) is 0 Å². The lowest BCUT2D eigenvalue weighted by Gasteiger charge is -2.20. The average Bonchev–Trinajstić information content (AvgIpc) is 3.33. The normalized spacial score (nSPS) is 11.6. The van der Waals surface area contributed by atoms with E-state index in [9.17, 15) is 9.59 Å². The quantitative estimate of drug-likeness (QED) is 0.449. The first-order valence-corrected chi connectivity index (χ1v) is 9.36. The third-order valence-corrected chi connectivity index (χ3v) is 3.86. The number of benzene rings is 1. The third kappa shape index (κ3) is 5.77. The van der Waals surface area contributed by atoms with Crippen LogP contribution in [0, 0.1) is 0 Å². The smallest absolute Gasteiger partial charge is 0.420 e. The van der Waals surface area contributed by atoms with Gasteiger partial charge in [0, 0.05) is 22.9 Å². The summed E-state index contributed by atoms with van der Waals surface area (Å²) in [6, 6.07) is 7.13. The molecule has 0 aliphatic heterocycles. The number of hydrogen-bond acceptors (Lipinski definition) is 7. The number of nitrogens with zero attached hydrogens (tertiary/aromatic N) is 5. The number of carbonyl (C=O) groups is 2. The first-order valence-electron chi connectivity index (χ1n) is 8.98. The molecule has 0 amide bonds. The molecule has 2 aromatic heterocycles. The molecule has 0 spiro atoms. The molecule has 10 heteroatoms. The van der Waals surface area contributed by atoms with Crippen molar-refractivity contribution in [2.24, 2.45) is 0 Å². The Balaban J connectivity index is 1.58. The van der Waals surface area contributed by atoms with Crippen molar-refractivity contribution in [3.05, 3.63) is 59.9 Å². The minimum atomic E-state index is -0.653. The number of halogens is 1. The van der Waals surface area contributed by atoms with Gasteiger partial charge in [-0.05, 0) is 32.9 Å². The summed E-state index contributed by atoms with van der Waals surface area (Å²) >= 11 is 5.97. The molecule has 30 heavy (non-hydrogen) atoms. The highest BCUT2D eigenvalue weighted by molar-refractivity contribution is 6.30. The van der Waals surface area contributed by atoms with E-state index in [1.807, 2.05) is 6.07 Å². The van der Waals surface area contributed by atoms with E-state index in [1.165, 1.54) is 40.4 Å². The van der Waals surface area contributed by atoms with Crippen LogP contribution < -0.4 is 0 Å². The molecule has 0 radical (unpaired) electrons. The van der Waals surface area contributed by atoms with Crippen LogP contribution in [0.15, 0.2) is 49.2 Å². The number of hydrogen-bond donors (Lipinski definition) is 0. The zero-order valence-corrected chi connectivity index (χ0v) is 17.4. The van der Waals surface area contributed by atoms with E-state index >= 15 is 0 Å². The molecule has 0 fully saturated rings. The Labute approximate surface area is 177 Å². The van der Waals surface area contributed by atoms with Crippen LogP contribution in [0.3, 0.4) is 0 Å². The summed E-state index contributed by atoms with van der Waals surface area (Å²) < 4.78 is 13.0. The molecule has 0 N–H and O–H groups in total. The highest BCUT2D eigenvalue weighted by Crippen LogP contribution is 2.19. The second kappa shape index (κ2) is 8.91. The summed E-state index contributed by atoms with van der Waals surface area (Å²) in [5, 5.41) is 4.83. The third-order valence-electron chi connectivity index (χ3n) is 3.62. The van der Waals surface area contributed by atoms with Crippen molar-refractivity contribution in [1.29, 1.82) is 0 Å². The fourth-order valence-electron chi connectivity index (χ4n) is 2.34. The molecule has 156 valence electrons. The average molecular weight is 430 g/mol. The predicted octanol–water partition coefficient (Wildman–Crippen LogP) is 3.79. The van der Waals surface area contributed by atoms with Crippen molar-refractivity contribution in [3.8, 4) is 11.4 Å². The Morgan fingerprint density at radius 2 is 2.03 bits per heavy atom. The first-order chi connectivity index (χ1) is 14.2. The van der Waals surface area contributed by atoms with E-state index in [-0.39, 0.29) is 6.61 Å². The zero-order chi connectivity index (χ0) is 21.7. The molecule has 0 saturated carbocycles. The number of esters is 1. The van der Waals surface area contributed by atoms with Crippen LogP contribution >= 0.6 is 11.6 Å². The highest BCUT2D eigenvalue weighted by atomic mass is 35.5. The molecule has 0 bridgehead atoms. The second-order valence-corrected chi connectivity index (χ2v) is 7.65. The lowest BCUT2D eigenvalue weighted by Crippen LogP contribution is -2.27. The number of rotatable bonds is 5. The van der Waals surface area contributed by atoms with E-state index in [0.29, 0.717) is 16.5 Å². The van der Waals surface area contributed by atoms with Gasteiger partial charge >= 0.3 is 12.1 Å². The fraction of sp³-hybridized carbons (Fsp3) is 0.250. The van der Waals surface area contributed by atoms with Crippen molar-refractivity contribution >= 4 is 29.9 Å². The van der Waals surface area contributed by atoms with Gasteiger partial charge in [0.25, 0.3) is 0 Å². The van der Waals surface area contributed by atoms with Crippen molar-refractivity contribution in [2.45, 2.75) is 33.0 Å². The van der Waals surface area contributed by atoms with Crippen molar-refractivity contribution < 1.29 is 19.1 Å². The van der Waals surface area contributed by atoms with Crippen LogP contribution in [0.2, 0.25) is 5.02 Å². The van der Waals surface area contributed by atoms with Crippen molar-refractivity contribution in [2.75, 3.05) is 0 Å². The van der Waals surface area contributed by atoms with E-state index in [1.54, 1.807) is 39.0 Å². The summed E-state index contributed by atoms with van der Waals surface area (Å²) in [6.07, 6.45) is 6.20. The van der Waals surface area contributed by atoms with Gasteiger partial charge in [-0.3, -0.25) is 0 Å². The van der Waals surface area contributed by atoms with E-state index < -0.39 is 17.7 Å². The summed E-state index contributed by atoms with van der Waals surface area (Å²) in [7, 11) is 0. The van der Waals surface area contributed by atoms with Crippen molar-refractivity contribution in [3.63, 3.8) is 0 Å². The topological polar surface area (TPSA) is 101 Å². The summed E-state index contributed by atoms with van der Waals surface area (Å²) in [4.78, 5) is 32.2. The molecule has 0 unspecified atom stereocenters. The Morgan fingerprint density at radius 3 is 2.77 bits per heavy atom. The number of ether oxygens (including phenoxy) is 2. The summed E-state index contributed by atoms with van der Waals surface area (Å²) in [5.41, 5.74) is 0.488. The highest BCUT2D eigenvalue weighted by Gasteiger charge is 2.20. The van der Waals surface area contributed by atoms with Gasteiger partial charge in [0.05, 0.1) is 11.9 Å². The molecule has 3 rings (SSSR count). The second-order valence-electron chi connectivity index (χ2n) is 7.22. The van der Waals surface area contributed by atoms with Gasteiger partial charge in [-0.15, -0.1) is 5.10 Å². The minimum absolute atomic E-state index is 0.145. The molecule has 3 aromatic rings. The van der Waals surface area contributed by atoms with Crippen LogP contribution in [-0.2, 0) is 20.9 Å². The van der Waals surface area contributed by atoms with Gasteiger partial charge in [0.15, 0.2) is 5.82 Å². The van der Waals surface area contributed by atoms with Crippen LogP contribution in [0.1, 0.15) is 26.5 Å². The number of carbonyl (C=O) groups excluding carboxylic acids is 2. The number of imidazole rings is 1. The Kier molecular flexibility index (Phi) is 6.31. The predicted molar refractivity (Wildman–Crippen MR) is 109 cm³/mol. The zero-order valence-electron chi connectivity index (χ0n) is 16.7. The molecular weight excluding hydrogens is 410 g/mol. The van der Waals surface area contributed by atoms with Crippen LogP contribution in [-0.4, -0.2) is 42.0 Å². The maximum absolute atomic E-state index is 12.2. The lowest BCUT2D eigenvalue weighted by atomic mass is 10.2. The molecule has 2 heterocycles. The minimum Gasteiger partial charge on any atom is -0.456 e.